The van der Waals surface area contributed by atoms with Crippen LogP contribution in [0.15, 0.2) is 51.3 Å². The SMILES string of the molecule is COc1ccc(NN=C2S(=O)(=O)c3ccc(C)cc3S2(=O)=O)cc1OC. The predicted molar refractivity (Wildman–Crippen MR) is 96.2 cm³/mol. The highest BCUT2D eigenvalue weighted by Gasteiger charge is 2.47. The Morgan fingerprint density at radius 1 is 0.846 bits per heavy atom. The van der Waals surface area contributed by atoms with Gasteiger partial charge in [0.2, 0.25) is 19.7 Å². The molecule has 1 N–H and O–H groups in total. The second-order valence-electron chi connectivity index (χ2n) is 5.52. The number of methoxy groups -OCH3 is 2. The third-order valence-electron chi connectivity index (χ3n) is 3.80. The van der Waals surface area contributed by atoms with Crippen LogP contribution in [0.3, 0.4) is 0 Å². The van der Waals surface area contributed by atoms with E-state index >= 15 is 0 Å². The summed E-state index contributed by atoms with van der Waals surface area (Å²) in [5.41, 5.74) is 3.44. The summed E-state index contributed by atoms with van der Waals surface area (Å²) in [4.78, 5) is -0.527. The van der Waals surface area contributed by atoms with Crippen molar-refractivity contribution < 1.29 is 26.3 Å². The second kappa shape index (κ2) is 6.29. The number of nitrogens with one attached hydrogen (secondary N) is 1. The summed E-state index contributed by atoms with van der Waals surface area (Å²) in [6.45, 7) is 1.68. The van der Waals surface area contributed by atoms with Crippen LogP contribution in [0.1, 0.15) is 5.56 Å². The quantitative estimate of drug-likeness (QED) is 0.786. The summed E-state index contributed by atoms with van der Waals surface area (Å²) < 4.78 is 59.6. The molecule has 0 spiro atoms. The first-order valence-electron chi connectivity index (χ1n) is 7.38. The Kier molecular flexibility index (Phi) is 4.41. The molecule has 1 heterocycles. The van der Waals surface area contributed by atoms with Crippen molar-refractivity contribution >= 4 is 29.7 Å². The van der Waals surface area contributed by atoms with Crippen molar-refractivity contribution in [2.24, 2.45) is 5.10 Å². The van der Waals surface area contributed by atoms with E-state index in [9.17, 15) is 16.8 Å². The van der Waals surface area contributed by atoms with Crippen LogP contribution in [0.25, 0.3) is 0 Å². The van der Waals surface area contributed by atoms with Gasteiger partial charge >= 0.3 is 0 Å². The number of fused-ring (bicyclic) bond motifs is 1. The topological polar surface area (TPSA) is 111 Å². The molecule has 26 heavy (non-hydrogen) atoms. The average molecular weight is 396 g/mol. The number of ether oxygens (including phenoxy) is 2. The minimum Gasteiger partial charge on any atom is -0.493 e. The minimum absolute atomic E-state index is 0.259. The highest BCUT2D eigenvalue weighted by atomic mass is 32.3. The zero-order chi connectivity index (χ0) is 19.1. The molecule has 0 fully saturated rings. The van der Waals surface area contributed by atoms with E-state index in [0.29, 0.717) is 22.7 Å². The Bertz CT molecular complexity index is 1120. The Labute approximate surface area is 151 Å². The molecule has 0 saturated heterocycles. The van der Waals surface area contributed by atoms with Crippen molar-refractivity contribution in [3.8, 4) is 11.5 Å². The lowest BCUT2D eigenvalue weighted by Gasteiger charge is -2.09. The van der Waals surface area contributed by atoms with Crippen LogP contribution in [-0.4, -0.2) is 35.4 Å². The zero-order valence-electron chi connectivity index (χ0n) is 14.2. The summed E-state index contributed by atoms with van der Waals surface area (Å²) in [5, 5.41) is 3.67. The van der Waals surface area contributed by atoms with Gasteiger partial charge in [-0.15, -0.1) is 0 Å². The molecule has 0 atom stereocenters. The van der Waals surface area contributed by atoms with Crippen molar-refractivity contribution in [2.45, 2.75) is 16.7 Å². The maximum atomic E-state index is 12.6. The van der Waals surface area contributed by atoms with Gasteiger partial charge < -0.3 is 9.47 Å². The van der Waals surface area contributed by atoms with Crippen molar-refractivity contribution in [3.05, 3.63) is 42.0 Å². The van der Waals surface area contributed by atoms with E-state index in [1.165, 1.54) is 38.5 Å². The zero-order valence-corrected chi connectivity index (χ0v) is 15.8. The Morgan fingerprint density at radius 3 is 2.15 bits per heavy atom. The largest absolute Gasteiger partial charge is 0.493 e. The Morgan fingerprint density at radius 2 is 1.50 bits per heavy atom. The summed E-state index contributed by atoms with van der Waals surface area (Å²) in [7, 11) is -5.54. The fourth-order valence-electron chi connectivity index (χ4n) is 2.52. The molecule has 0 amide bonds. The molecule has 0 unspecified atom stereocenters. The number of sulfone groups is 2. The first-order chi connectivity index (χ1) is 12.2. The lowest BCUT2D eigenvalue weighted by molar-refractivity contribution is 0.355. The molecule has 10 heteroatoms. The smallest absolute Gasteiger partial charge is 0.276 e. The van der Waals surface area contributed by atoms with E-state index in [-0.39, 0.29) is 9.79 Å². The molecule has 0 bridgehead atoms. The molecular weight excluding hydrogens is 380 g/mol. The molecule has 0 aromatic heterocycles. The van der Waals surface area contributed by atoms with Gasteiger partial charge in [-0.1, -0.05) is 6.07 Å². The molecule has 0 radical (unpaired) electrons. The van der Waals surface area contributed by atoms with E-state index in [1.807, 2.05) is 0 Å². The fraction of sp³-hybridized carbons (Fsp3) is 0.188. The van der Waals surface area contributed by atoms with Crippen LogP contribution in [-0.2, 0) is 19.7 Å². The lowest BCUT2D eigenvalue weighted by Crippen LogP contribution is -2.17. The lowest BCUT2D eigenvalue weighted by atomic mass is 10.2. The number of benzene rings is 2. The van der Waals surface area contributed by atoms with Crippen LogP contribution in [0, 0.1) is 6.92 Å². The van der Waals surface area contributed by atoms with Gasteiger partial charge in [0.05, 0.1) is 29.7 Å². The van der Waals surface area contributed by atoms with Gasteiger partial charge in [0.25, 0.3) is 4.38 Å². The first-order valence-corrected chi connectivity index (χ1v) is 10.3. The number of anilines is 1. The summed E-state index contributed by atoms with van der Waals surface area (Å²) >= 11 is 0. The van der Waals surface area contributed by atoms with Gasteiger partial charge in [-0.3, -0.25) is 5.43 Å². The highest BCUT2D eigenvalue weighted by molar-refractivity contribution is 8.33. The van der Waals surface area contributed by atoms with Crippen LogP contribution in [0.2, 0.25) is 0 Å². The molecule has 2 aromatic rings. The van der Waals surface area contributed by atoms with Gasteiger partial charge in [-0.25, -0.2) is 16.8 Å². The third-order valence-corrected chi connectivity index (χ3v) is 8.20. The van der Waals surface area contributed by atoms with Crippen LogP contribution < -0.4 is 14.9 Å². The minimum atomic E-state index is -4.23. The number of rotatable bonds is 4. The van der Waals surface area contributed by atoms with Crippen molar-refractivity contribution in [1.29, 1.82) is 0 Å². The Hall–Kier alpha value is -2.59. The summed E-state index contributed by atoms with van der Waals surface area (Å²) in [6, 6.07) is 8.77. The highest BCUT2D eigenvalue weighted by Crippen LogP contribution is 2.35. The molecule has 3 rings (SSSR count). The average Bonchev–Trinajstić information content (AvgIpc) is 2.75. The van der Waals surface area contributed by atoms with Crippen LogP contribution in [0.5, 0.6) is 11.5 Å². The number of aryl methyl sites for hydroxylation is 1. The molecule has 1 aliphatic rings. The normalized spacial score (nSPS) is 18.3. The number of hydrogen-bond acceptors (Lipinski definition) is 8. The number of hydrogen-bond donors (Lipinski definition) is 1. The standard InChI is InChI=1S/C16H16N2O6S2/c1-10-4-7-14-15(8-10)26(21,22)16(25(14,19)20)18-17-11-5-6-12(23-2)13(9-11)24-3/h4-9,17H,1-3H3. The van der Waals surface area contributed by atoms with Crippen LogP contribution >= 0.6 is 0 Å². The molecular formula is C16H16N2O6S2. The fourth-order valence-corrected chi connectivity index (χ4v) is 6.82. The molecule has 2 aromatic carbocycles. The monoisotopic (exact) mass is 396 g/mol. The number of nitrogens with zero attached hydrogens (tertiary/aromatic N) is 1. The van der Waals surface area contributed by atoms with Gasteiger partial charge in [0.1, 0.15) is 0 Å². The molecule has 8 nitrogen and oxygen atoms in total. The van der Waals surface area contributed by atoms with Crippen LogP contribution in [0.4, 0.5) is 5.69 Å². The molecule has 0 aliphatic carbocycles. The molecule has 138 valence electrons. The van der Waals surface area contributed by atoms with Gasteiger partial charge in [-0.05, 0) is 36.8 Å². The first kappa shape index (κ1) is 18.2. The van der Waals surface area contributed by atoms with Crippen molar-refractivity contribution in [3.63, 3.8) is 0 Å². The number of hydrazone groups is 1. The van der Waals surface area contributed by atoms with E-state index in [4.69, 9.17) is 9.47 Å². The molecule has 0 saturated carbocycles. The molecule has 1 aliphatic heterocycles. The van der Waals surface area contributed by atoms with Crippen molar-refractivity contribution in [2.75, 3.05) is 19.6 Å². The van der Waals surface area contributed by atoms with Gasteiger partial charge in [-0.2, -0.15) is 5.10 Å². The van der Waals surface area contributed by atoms with Gasteiger partial charge in [0.15, 0.2) is 11.5 Å². The van der Waals surface area contributed by atoms with E-state index in [1.54, 1.807) is 19.1 Å². The van der Waals surface area contributed by atoms with E-state index < -0.39 is 24.1 Å². The maximum absolute atomic E-state index is 12.6. The Balaban J connectivity index is 2.05. The summed E-state index contributed by atoms with van der Waals surface area (Å²) in [5.74, 6) is 0.850. The van der Waals surface area contributed by atoms with E-state index in [2.05, 4.69) is 10.5 Å². The third kappa shape index (κ3) is 2.80. The van der Waals surface area contributed by atoms with E-state index in [0.717, 1.165) is 0 Å². The summed E-state index contributed by atoms with van der Waals surface area (Å²) in [6.07, 6.45) is 0. The second-order valence-corrected chi connectivity index (χ2v) is 9.44. The van der Waals surface area contributed by atoms with Crippen molar-refractivity contribution in [1.82, 2.24) is 0 Å². The maximum Gasteiger partial charge on any atom is 0.276 e. The van der Waals surface area contributed by atoms with Gasteiger partial charge in [0, 0.05) is 6.07 Å². The predicted octanol–water partition coefficient (Wildman–Crippen LogP) is 1.96.